The van der Waals surface area contributed by atoms with E-state index in [-0.39, 0.29) is 5.91 Å². The first kappa shape index (κ1) is 21.3. The predicted octanol–water partition coefficient (Wildman–Crippen LogP) is 4.57. The van der Waals surface area contributed by atoms with Crippen LogP contribution in [-0.4, -0.2) is 37.2 Å². The van der Waals surface area contributed by atoms with Crippen molar-refractivity contribution < 1.29 is 4.79 Å². The highest BCUT2D eigenvalue weighted by molar-refractivity contribution is 5.92. The van der Waals surface area contributed by atoms with Gasteiger partial charge < -0.3 is 10.3 Å². The van der Waals surface area contributed by atoms with Gasteiger partial charge in [-0.25, -0.2) is 9.67 Å². The van der Waals surface area contributed by atoms with E-state index in [2.05, 4.69) is 20.3 Å². The molecule has 0 aliphatic heterocycles. The third-order valence-corrected chi connectivity index (χ3v) is 5.44. The molecule has 0 unspecified atom stereocenters. The van der Waals surface area contributed by atoms with Gasteiger partial charge in [-0.05, 0) is 48.9 Å². The fourth-order valence-corrected chi connectivity index (χ4v) is 3.77. The quantitative estimate of drug-likeness (QED) is 0.269. The molecule has 0 fully saturated rings. The van der Waals surface area contributed by atoms with Gasteiger partial charge in [-0.1, -0.05) is 30.3 Å². The molecular weight excluding hydrogens is 424 g/mol. The number of H-pyrrole nitrogens is 1. The van der Waals surface area contributed by atoms with Crippen LogP contribution in [0.3, 0.4) is 0 Å². The Labute approximate surface area is 197 Å². The lowest BCUT2D eigenvalue weighted by molar-refractivity contribution is -0.116. The molecule has 0 aliphatic rings. The standard InChI is InChI=1S/C27H24N6O/c34-26(29-17-7-13-25-30-23-11-4-5-12-24(23)31-25)15-14-21-19-33(22-9-2-1-3-10-22)32-27(21)20-8-6-16-28-18-20/h1-6,8-12,14-16,18-19H,7,13,17H2,(H,29,34)(H,30,31)/b15-14+. The van der Waals surface area contributed by atoms with Gasteiger partial charge in [-0.15, -0.1) is 0 Å². The van der Waals surface area contributed by atoms with Crippen LogP contribution >= 0.6 is 0 Å². The number of carbonyl (C=O) groups is 1. The van der Waals surface area contributed by atoms with Crippen LogP contribution in [0.1, 0.15) is 17.8 Å². The molecule has 5 aromatic rings. The Morgan fingerprint density at radius 1 is 1.03 bits per heavy atom. The summed E-state index contributed by atoms with van der Waals surface area (Å²) in [6.07, 6.45) is 10.3. The van der Waals surface area contributed by atoms with E-state index < -0.39 is 0 Å². The molecule has 2 aromatic carbocycles. The minimum Gasteiger partial charge on any atom is -0.353 e. The predicted molar refractivity (Wildman–Crippen MR) is 133 cm³/mol. The fourth-order valence-electron chi connectivity index (χ4n) is 3.77. The van der Waals surface area contributed by atoms with E-state index >= 15 is 0 Å². The number of carbonyl (C=O) groups excluding carboxylic acids is 1. The first-order valence-electron chi connectivity index (χ1n) is 11.2. The number of nitrogens with zero attached hydrogens (tertiary/aromatic N) is 4. The van der Waals surface area contributed by atoms with Gasteiger partial charge in [0.1, 0.15) is 11.5 Å². The SMILES string of the molecule is O=C(/C=C/c1cn(-c2ccccc2)nc1-c1cccnc1)NCCCc1nc2ccccc2[nH]1. The maximum atomic E-state index is 12.4. The third-order valence-electron chi connectivity index (χ3n) is 5.44. The van der Waals surface area contributed by atoms with Crippen LogP contribution in [-0.2, 0) is 11.2 Å². The summed E-state index contributed by atoms with van der Waals surface area (Å²) in [7, 11) is 0. The maximum absolute atomic E-state index is 12.4. The van der Waals surface area contributed by atoms with E-state index in [4.69, 9.17) is 5.10 Å². The number of hydrogen-bond acceptors (Lipinski definition) is 4. The van der Waals surface area contributed by atoms with E-state index in [9.17, 15) is 4.79 Å². The highest BCUT2D eigenvalue weighted by Gasteiger charge is 2.11. The third kappa shape index (κ3) is 4.94. The van der Waals surface area contributed by atoms with Crippen molar-refractivity contribution in [1.82, 2.24) is 30.0 Å². The van der Waals surface area contributed by atoms with Crippen molar-refractivity contribution >= 4 is 23.0 Å². The smallest absolute Gasteiger partial charge is 0.244 e. The maximum Gasteiger partial charge on any atom is 0.244 e. The second-order valence-corrected chi connectivity index (χ2v) is 7.88. The summed E-state index contributed by atoms with van der Waals surface area (Å²) in [6, 6.07) is 21.7. The van der Waals surface area contributed by atoms with Crippen molar-refractivity contribution in [2.45, 2.75) is 12.8 Å². The molecule has 0 saturated carbocycles. The number of para-hydroxylation sites is 3. The number of aryl methyl sites for hydroxylation is 1. The molecule has 34 heavy (non-hydrogen) atoms. The van der Waals surface area contributed by atoms with Gasteiger partial charge in [0.15, 0.2) is 0 Å². The molecule has 1 amide bonds. The van der Waals surface area contributed by atoms with Crippen LogP contribution in [0.5, 0.6) is 0 Å². The highest BCUT2D eigenvalue weighted by Crippen LogP contribution is 2.24. The number of rotatable bonds is 8. The lowest BCUT2D eigenvalue weighted by Gasteiger charge is -2.01. The van der Waals surface area contributed by atoms with Crippen LogP contribution in [0, 0.1) is 0 Å². The number of aromatic nitrogens is 5. The molecule has 0 spiro atoms. The van der Waals surface area contributed by atoms with Gasteiger partial charge >= 0.3 is 0 Å². The largest absolute Gasteiger partial charge is 0.353 e. The van der Waals surface area contributed by atoms with E-state index in [0.717, 1.165) is 52.2 Å². The van der Waals surface area contributed by atoms with Crippen molar-refractivity contribution in [3.63, 3.8) is 0 Å². The van der Waals surface area contributed by atoms with Crippen molar-refractivity contribution in [3.8, 4) is 16.9 Å². The van der Waals surface area contributed by atoms with Crippen molar-refractivity contribution in [2.75, 3.05) is 6.54 Å². The zero-order valence-corrected chi connectivity index (χ0v) is 18.6. The number of pyridine rings is 1. The molecule has 0 radical (unpaired) electrons. The Bertz CT molecular complexity index is 1390. The van der Waals surface area contributed by atoms with Crippen LogP contribution in [0.4, 0.5) is 0 Å². The molecule has 3 heterocycles. The lowest BCUT2D eigenvalue weighted by atomic mass is 10.1. The second kappa shape index (κ2) is 9.95. The van der Waals surface area contributed by atoms with Gasteiger partial charge in [-0.3, -0.25) is 9.78 Å². The van der Waals surface area contributed by atoms with E-state index in [1.807, 2.05) is 77.6 Å². The molecule has 5 rings (SSSR count). The van der Waals surface area contributed by atoms with E-state index in [1.165, 1.54) is 0 Å². The summed E-state index contributed by atoms with van der Waals surface area (Å²) < 4.78 is 1.81. The Balaban J connectivity index is 1.23. The molecule has 7 heteroatoms. The number of aromatic amines is 1. The average Bonchev–Trinajstić information content (AvgIpc) is 3.50. The molecule has 0 saturated heterocycles. The number of nitrogens with one attached hydrogen (secondary N) is 2. The van der Waals surface area contributed by atoms with Gasteiger partial charge in [0.05, 0.1) is 16.7 Å². The molecule has 0 bridgehead atoms. The minimum absolute atomic E-state index is 0.144. The molecule has 7 nitrogen and oxygen atoms in total. The lowest BCUT2D eigenvalue weighted by Crippen LogP contribution is -2.22. The first-order chi connectivity index (χ1) is 16.8. The van der Waals surface area contributed by atoms with Gasteiger partial charge in [0.2, 0.25) is 5.91 Å². The topological polar surface area (TPSA) is 88.5 Å². The van der Waals surface area contributed by atoms with E-state index in [1.54, 1.807) is 24.5 Å². The van der Waals surface area contributed by atoms with Crippen LogP contribution in [0.15, 0.2) is 91.4 Å². The molecular formula is C27H24N6O. The summed E-state index contributed by atoms with van der Waals surface area (Å²) in [4.78, 5) is 24.5. The summed E-state index contributed by atoms with van der Waals surface area (Å²) in [6.45, 7) is 0.568. The second-order valence-electron chi connectivity index (χ2n) is 7.88. The number of amides is 1. The molecule has 2 N–H and O–H groups in total. The van der Waals surface area contributed by atoms with Crippen molar-refractivity contribution in [1.29, 1.82) is 0 Å². The van der Waals surface area contributed by atoms with Crippen molar-refractivity contribution in [3.05, 3.63) is 103 Å². The van der Waals surface area contributed by atoms with Gasteiger partial charge in [-0.2, -0.15) is 5.10 Å². The zero-order chi connectivity index (χ0) is 23.2. The fraction of sp³-hybridized carbons (Fsp3) is 0.111. The number of fused-ring (bicyclic) bond motifs is 1. The monoisotopic (exact) mass is 448 g/mol. The molecule has 0 aliphatic carbocycles. The Morgan fingerprint density at radius 3 is 2.71 bits per heavy atom. The van der Waals surface area contributed by atoms with Crippen LogP contribution in [0.2, 0.25) is 0 Å². The number of hydrogen-bond donors (Lipinski definition) is 2. The molecule has 0 atom stereocenters. The minimum atomic E-state index is -0.144. The van der Waals surface area contributed by atoms with Gasteiger partial charge in [0.25, 0.3) is 0 Å². The summed E-state index contributed by atoms with van der Waals surface area (Å²) in [5, 5.41) is 7.69. The summed E-state index contributed by atoms with van der Waals surface area (Å²) in [5.74, 6) is 0.787. The zero-order valence-electron chi connectivity index (χ0n) is 18.6. The summed E-state index contributed by atoms with van der Waals surface area (Å²) in [5.41, 5.74) is 5.44. The normalized spacial score (nSPS) is 11.3. The Kier molecular flexibility index (Phi) is 6.25. The molecule has 168 valence electrons. The van der Waals surface area contributed by atoms with Crippen LogP contribution in [0.25, 0.3) is 34.1 Å². The number of benzene rings is 2. The Morgan fingerprint density at radius 2 is 1.88 bits per heavy atom. The summed E-state index contributed by atoms with van der Waals surface area (Å²) >= 11 is 0. The molecule has 3 aromatic heterocycles. The van der Waals surface area contributed by atoms with E-state index in [0.29, 0.717) is 6.54 Å². The first-order valence-corrected chi connectivity index (χ1v) is 11.2. The average molecular weight is 449 g/mol. The van der Waals surface area contributed by atoms with Gasteiger partial charge in [0, 0.05) is 48.8 Å². The number of imidazole rings is 1. The highest BCUT2D eigenvalue weighted by atomic mass is 16.1. The van der Waals surface area contributed by atoms with Crippen LogP contribution < -0.4 is 5.32 Å². The van der Waals surface area contributed by atoms with Crippen molar-refractivity contribution in [2.24, 2.45) is 0 Å². The Hall–Kier alpha value is -4.52.